The van der Waals surface area contributed by atoms with Gasteiger partial charge in [-0.15, -0.1) is 0 Å². The second-order valence-corrected chi connectivity index (χ2v) is 6.11. The van der Waals surface area contributed by atoms with E-state index in [1.54, 1.807) is 0 Å². The van der Waals surface area contributed by atoms with Gasteiger partial charge in [0.25, 0.3) is 0 Å². The topological polar surface area (TPSA) is 25.4 Å². The van der Waals surface area contributed by atoms with Gasteiger partial charge in [0.05, 0.1) is 0 Å². The summed E-state index contributed by atoms with van der Waals surface area (Å²) < 4.78 is 6.34. The smallest absolute Gasteiger partial charge is 0.127 e. The Bertz CT molecular complexity index is 608. The Kier molecular flexibility index (Phi) is 2.88. The normalized spacial score (nSPS) is 29.8. The standard InChI is InChI=1S/C17H20N2O/c1-19-13-5-6-14(19)10-15(9-13)20-17-4-2-3-12-11-18-8-7-16(12)17/h2-4,7-8,11,13-15H,5-6,9-10H2,1H3. The summed E-state index contributed by atoms with van der Waals surface area (Å²) in [4.78, 5) is 6.73. The van der Waals surface area contributed by atoms with Crippen LogP contribution in [0.1, 0.15) is 25.7 Å². The van der Waals surface area contributed by atoms with Crippen molar-refractivity contribution in [2.24, 2.45) is 0 Å². The minimum atomic E-state index is 0.363. The molecule has 2 bridgehead atoms. The van der Waals surface area contributed by atoms with Crippen molar-refractivity contribution in [2.45, 2.75) is 43.9 Å². The Morgan fingerprint density at radius 1 is 1.15 bits per heavy atom. The van der Waals surface area contributed by atoms with Gasteiger partial charge in [-0.1, -0.05) is 12.1 Å². The van der Waals surface area contributed by atoms with Crippen molar-refractivity contribution in [3.63, 3.8) is 0 Å². The molecule has 0 spiro atoms. The maximum Gasteiger partial charge on any atom is 0.127 e. The van der Waals surface area contributed by atoms with E-state index in [1.807, 2.05) is 18.5 Å². The molecule has 104 valence electrons. The van der Waals surface area contributed by atoms with Gasteiger partial charge in [-0.25, -0.2) is 0 Å². The maximum atomic E-state index is 6.34. The van der Waals surface area contributed by atoms with Gasteiger partial charge in [0.2, 0.25) is 0 Å². The van der Waals surface area contributed by atoms with Crippen LogP contribution in [0.3, 0.4) is 0 Å². The number of hydrogen-bond acceptors (Lipinski definition) is 3. The summed E-state index contributed by atoms with van der Waals surface area (Å²) in [6.45, 7) is 0. The summed E-state index contributed by atoms with van der Waals surface area (Å²) >= 11 is 0. The fourth-order valence-electron chi connectivity index (χ4n) is 3.83. The molecule has 2 saturated heterocycles. The molecule has 2 unspecified atom stereocenters. The van der Waals surface area contributed by atoms with Gasteiger partial charge in [0.15, 0.2) is 0 Å². The van der Waals surface area contributed by atoms with Gasteiger partial charge in [0, 0.05) is 35.2 Å². The molecule has 2 atom stereocenters. The van der Waals surface area contributed by atoms with Crippen LogP contribution in [0.15, 0.2) is 36.7 Å². The van der Waals surface area contributed by atoms with E-state index in [0.29, 0.717) is 6.10 Å². The highest BCUT2D eigenvalue weighted by molar-refractivity contribution is 5.87. The summed E-state index contributed by atoms with van der Waals surface area (Å²) in [6.07, 6.45) is 9.10. The fourth-order valence-corrected chi connectivity index (χ4v) is 3.83. The molecule has 0 saturated carbocycles. The highest BCUT2D eigenvalue weighted by atomic mass is 16.5. The molecule has 20 heavy (non-hydrogen) atoms. The van der Waals surface area contributed by atoms with E-state index in [9.17, 15) is 0 Å². The molecule has 2 aromatic rings. The average molecular weight is 268 g/mol. The van der Waals surface area contributed by atoms with Crippen LogP contribution >= 0.6 is 0 Å². The number of aromatic nitrogens is 1. The van der Waals surface area contributed by atoms with Crippen molar-refractivity contribution in [3.05, 3.63) is 36.7 Å². The van der Waals surface area contributed by atoms with Crippen LogP contribution in [-0.2, 0) is 0 Å². The largest absolute Gasteiger partial charge is 0.490 e. The van der Waals surface area contributed by atoms with Crippen molar-refractivity contribution in [1.29, 1.82) is 0 Å². The lowest BCUT2D eigenvalue weighted by molar-refractivity contribution is 0.0671. The Morgan fingerprint density at radius 3 is 2.75 bits per heavy atom. The molecule has 3 nitrogen and oxygen atoms in total. The molecule has 3 heteroatoms. The minimum absolute atomic E-state index is 0.363. The van der Waals surface area contributed by atoms with E-state index in [0.717, 1.165) is 36.1 Å². The molecular weight excluding hydrogens is 248 g/mol. The van der Waals surface area contributed by atoms with Crippen LogP contribution < -0.4 is 4.74 Å². The number of piperidine rings is 1. The van der Waals surface area contributed by atoms with Crippen molar-refractivity contribution in [3.8, 4) is 5.75 Å². The second-order valence-electron chi connectivity index (χ2n) is 6.11. The zero-order chi connectivity index (χ0) is 13.5. The van der Waals surface area contributed by atoms with Crippen LogP contribution in [0.5, 0.6) is 5.75 Å². The first-order valence-electron chi connectivity index (χ1n) is 7.52. The third-order valence-electron chi connectivity index (χ3n) is 4.99. The van der Waals surface area contributed by atoms with Crippen molar-refractivity contribution >= 4 is 10.8 Å². The molecule has 0 amide bonds. The first kappa shape index (κ1) is 12.2. The van der Waals surface area contributed by atoms with Crippen LogP contribution in [0.4, 0.5) is 0 Å². The first-order valence-corrected chi connectivity index (χ1v) is 7.52. The quantitative estimate of drug-likeness (QED) is 0.836. The lowest BCUT2D eigenvalue weighted by Crippen LogP contribution is -2.43. The number of benzene rings is 1. The summed E-state index contributed by atoms with van der Waals surface area (Å²) in [5.41, 5.74) is 0. The number of rotatable bonds is 2. The van der Waals surface area contributed by atoms with Crippen molar-refractivity contribution in [2.75, 3.05) is 7.05 Å². The zero-order valence-corrected chi connectivity index (χ0v) is 11.8. The molecular formula is C17H20N2O. The van der Waals surface area contributed by atoms with E-state index < -0.39 is 0 Å². The Morgan fingerprint density at radius 2 is 1.95 bits per heavy atom. The third kappa shape index (κ3) is 1.97. The maximum absolute atomic E-state index is 6.34. The first-order chi connectivity index (χ1) is 9.81. The molecule has 2 aliphatic rings. The summed E-state index contributed by atoms with van der Waals surface area (Å²) in [5.74, 6) is 1.01. The molecule has 0 N–H and O–H groups in total. The van der Waals surface area contributed by atoms with E-state index in [2.05, 4.69) is 35.1 Å². The lowest BCUT2D eigenvalue weighted by Gasteiger charge is -2.36. The van der Waals surface area contributed by atoms with Crippen LogP contribution in [0.2, 0.25) is 0 Å². The van der Waals surface area contributed by atoms with Crippen LogP contribution in [-0.4, -0.2) is 35.1 Å². The molecule has 2 aliphatic heterocycles. The zero-order valence-electron chi connectivity index (χ0n) is 11.8. The highest BCUT2D eigenvalue weighted by Crippen LogP contribution is 2.37. The van der Waals surface area contributed by atoms with E-state index in [1.165, 1.54) is 18.2 Å². The molecule has 3 heterocycles. The average Bonchev–Trinajstić information content (AvgIpc) is 2.70. The highest BCUT2D eigenvalue weighted by Gasteiger charge is 2.39. The number of fused-ring (bicyclic) bond motifs is 3. The Labute approximate surface area is 119 Å². The van der Waals surface area contributed by atoms with Gasteiger partial charge < -0.3 is 9.64 Å². The van der Waals surface area contributed by atoms with Gasteiger partial charge in [0.1, 0.15) is 11.9 Å². The number of nitrogens with zero attached hydrogens (tertiary/aromatic N) is 2. The molecule has 0 radical (unpaired) electrons. The Balaban J connectivity index is 1.59. The van der Waals surface area contributed by atoms with Gasteiger partial charge in [-0.05, 0) is 44.9 Å². The van der Waals surface area contributed by atoms with Crippen LogP contribution in [0.25, 0.3) is 10.8 Å². The molecule has 2 fully saturated rings. The molecule has 4 rings (SSSR count). The van der Waals surface area contributed by atoms with Gasteiger partial charge in [-0.3, -0.25) is 4.98 Å². The number of ether oxygens (including phenoxy) is 1. The second kappa shape index (κ2) is 4.74. The monoisotopic (exact) mass is 268 g/mol. The van der Waals surface area contributed by atoms with E-state index >= 15 is 0 Å². The molecule has 0 aliphatic carbocycles. The van der Waals surface area contributed by atoms with E-state index in [-0.39, 0.29) is 0 Å². The third-order valence-corrected chi connectivity index (χ3v) is 4.99. The molecule has 1 aromatic carbocycles. The van der Waals surface area contributed by atoms with Crippen molar-refractivity contribution < 1.29 is 4.74 Å². The number of hydrogen-bond donors (Lipinski definition) is 0. The van der Waals surface area contributed by atoms with Gasteiger partial charge in [-0.2, -0.15) is 0 Å². The summed E-state index contributed by atoms with van der Waals surface area (Å²) in [5, 5.41) is 2.33. The van der Waals surface area contributed by atoms with E-state index in [4.69, 9.17) is 4.74 Å². The fraction of sp³-hybridized carbons (Fsp3) is 0.471. The Hall–Kier alpha value is -1.61. The minimum Gasteiger partial charge on any atom is -0.490 e. The molecule has 1 aromatic heterocycles. The predicted octanol–water partition coefficient (Wildman–Crippen LogP) is 3.24. The SMILES string of the molecule is CN1C2CCC1CC(Oc1cccc3cnccc13)C2. The van der Waals surface area contributed by atoms with Crippen LogP contribution in [0, 0.1) is 0 Å². The predicted molar refractivity (Wildman–Crippen MR) is 80.0 cm³/mol. The summed E-state index contributed by atoms with van der Waals surface area (Å²) in [7, 11) is 2.27. The lowest BCUT2D eigenvalue weighted by atomic mass is 10.0. The van der Waals surface area contributed by atoms with Gasteiger partial charge >= 0.3 is 0 Å². The van der Waals surface area contributed by atoms with Crippen molar-refractivity contribution in [1.82, 2.24) is 9.88 Å². The number of pyridine rings is 1. The summed E-state index contributed by atoms with van der Waals surface area (Å²) in [6, 6.07) is 9.72.